The van der Waals surface area contributed by atoms with E-state index in [4.69, 9.17) is 16.3 Å². The number of aliphatic hydroxyl groups excluding tert-OH is 1. The summed E-state index contributed by atoms with van der Waals surface area (Å²) in [6, 6.07) is 4.45. The molecule has 1 aromatic carbocycles. The normalized spacial score (nSPS) is 12.0. The van der Waals surface area contributed by atoms with Crippen molar-refractivity contribution in [1.82, 2.24) is 0 Å². The molecule has 0 saturated heterocycles. The van der Waals surface area contributed by atoms with Gasteiger partial charge in [-0.2, -0.15) is 0 Å². The number of ether oxygens (including phenoxy) is 1. The van der Waals surface area contributed by atoms with Crippen molar-refractivity contribution in [2.24, 2.45) is 0 Å². The Bertz CT molecular complexity index is 454. The largest absolute Gasteiger partial charge is 0.462 e. The fourth-order valence-corrected chi connectivity index (χ4v) is 1.62. The minimum atomic E-state index is -0.715. The van der Waals surface area contributed by atoms with Crippen LogP contribution in [0.2, 0.25) is 0 Å². The van der Waals surface area contributed by atoms with Gasteiger partial charge in [-0.3, -0.25) is 4.79 Å². The van der Waals surface area contributed by atoms with E-state index in [-0.39, 0.29) is 30.1 Å². The van der Waals surface area contributed by atoms with Crippen LogP contribution < -0.4 is 0 Å². The Labute approximate surface area is 111 Å². The van der Waals surface area contributed by atoms with Crippen LogP contribution >= 0.6 is 11.6 Å². The number of alkyl halides is 1. The summed E-state index contributed by atoms with van der Waals surface area (Å²) >= 11 is 5.74. The number of hydrogen-bond acceptors (Lipinski definition) is 4. The van der Waals surface area contributed by atoms with Crippen molar-refractivity contribution < 1.29 is 19.4 Å². The molecule has 0 aliphatic carbocycles. The van der Waals surface area contributed by atoms with Gasteiger partial charge in [0.2, 0.25) is 0 Å². The van der Waals surface area contributed by atoms with Crippen molar-refractivity contribution >= 4 is 23.4 Å². The number of rotatable bonds is 5. The van der Waals surface area contributed by atoms with Crippen LogP contribution in [0.1, 0.15) is 40.1 Å². The monoisotopic (exact) mass is 270 g/mol. The van der Waals surface area contributed by atoms with Gasteiger partial charge in [-0.25, -0.2) is 4.79 Å². The zero-order chi connectivity index (χ0) is 13.7. The SMILES string of the molecule is CCOC(=O)c1ccc(CO)c(C(=O)C(C)Cl)c1. The predicted octanol–water partition coefficient (Wildman–Crippen LogP) is 2.17. The number of aliphatic hydroxyl groups is 1. The highest BCUT2D eigenvalue weighted by atomic mass is 35.5. The summed E-state index contributed by atoms with van der Waals surface area (Å²) in [5.41, 5.74) is 0.973. The Kier molecular flexibility index (Phi) is 5.31. The van der Waals surface area contributed by atoms with Crippen LogP contribution in [0.3, 0.4) is 0 Å². The summed E-state index contributed by atoms with van der Waals surface area (Å²) in [5.74, 6) is -0.829. The van der Waals surface area contributed by atoms with E-state index in [1.54, 1.807) is 13.8 Å². The molecule has 0 bridgehead atoms. The molecule has 1 N–H and O–H groups in total. The van der Waals surface area contributed by atoms with E-state index in [1.807, 2.05) is 0 Å². The van der Waals surface area contributed by atoms with Gasteiger partial charge in [-0.1, -0.05) is 6.07 Å². The lowest BCUT2D eigenvalue weighted by Crippen LogP contribution is -2.15. The van der Waals surface area contributed by atoms with Gasteiger partial charge in [0.05, 0.1) is 24.2 Å². The maximum absolute atomic E-state index is 11.9. The van der Waals surface area contributed by atoms with E-state index in [0.29, 0.717) is 5.56 Å². The molecule has 98 valence electrons. The molecule has 0 aliphatic heterocycles. The molecule has 0 saturated carbocycles. The molecule has 5 heteroatoms. The number of benzene rings is 1. The molecule has 0 aliphatic rings. The topological polar surface area (TPSA) is 63.6 Å². The molecule has 0 heterocycles. The van der Waals surface area contributed by atoms with Crippen LogP contribution in [-0.2, 0) is 11.3 Å². The number of halogens is 1. The minimum absolute atomic E-state index is 0.255. The first-order valence-corrected chi connectivity index (χ1v) is 6.04. The molecule has 1 rings (SSSR count). The molecule has 0 fully saturated rings. The molecule has 1 atom stereocenters. The minimum Gasteiger partial charge on any atom is -0.462 e. The van der Waals surface area contributed by atoms with Gasteiger partial charge in [0.15, 0.2) is 5.78 Å². The fraction of sp³-hybridized carbons (Fsp3) is 0.385. The van der Waals surface area contributed by atoms with Crippen molar-refractivity contribution in [2.45, 2.75) is 25.8 Å². The lowest BCUT2D eigenvalue weighted by Gasteiger charge is -2.10. The highest BCUT2D eigenvalue weighted by Gasteiger charge is 2.18. The van der Waals surface area contributed by atoms with E-state index in [0.717, 1.165) is 0 Å². The van der Waals surface area contributed by atoms with Gasteiger partial charge in [0, 0.05) is 5.56 Å². The first-order chi connectivity index (χ1) is 8.51. The first kappa shape index (κ1) is 14.7. The van der Waals surface area contributed by atoms with Crippen molar-refractivity contribution in [3.05, 3.63) is 34.9 Å². The molecular weight excluding hydrogens is 256 g/mol. The van der Waals surface area contributed by atoms with Crippen LogP contribution in [0.15, 0.2) is 18.2 Å². The van der Waals surface area contributed by atoms with Crippen LogP contribution in [-0.4, -0.2) is 28.8 Å². The number of Topliss-reactive ketones (excluding diaryl/α,β-unsaturated/α-hetero) is 1. The van der Waals surface area contributed by atoms with E-state index in [9.17, 15) is 14.7 Å². The molecule has 1 unspecified atom stereocenters. The second kappa shape index (κ2) is 6.52. The van der Waals surface area contributed by atoms with Gasteiger partial charge in [-0.15, -0.1) is 11.6 Å². The van der Waals surface area contributed by atoms with Gasteiger partial charge in [0.25, 0.3) is 0 Å². The standard InChI is InChI=1S/C13H15ClO4/c1-3-18-13(17)9-4-5-10(7-15)11(6-9)12(16)8(2)14/h4-6,8,15H,3,7H2,1-2H3. The Morgan fingerprint density at radius 3 is 2.61 bits per heavy atom. The Morgan fingerprint density at radius 1 is 1.44 bits per heavy atom. The summed E-state index contributed by atoms with van der Waals surface area (Å²) in [5, 5.41) is 8.46. The van der Waals surface area contributed by atoms with Crippen molar-refractivity contribution in [3.8, 4) is 0 Å². The number of hydrogen-bond donors (Lipinski definition) is 1. The Balaban J connectivity index is 3.17. The number of esters is 1. The van der Waals surface area contributed by atoms with Crippen LogP contribution in [0.25, 0.3) is 0 Å². The summed E-state index contributed by atoms with van der Waals surface area (Å²) in [7, 11) is 0. The van der Waals surface area contributed by atoms with E-state index in [2.05, 4.69) is 0 Å². The van der Waals surface area contributed by atoms with Crippen molar-refractivity contribution in [3.63, 3.8) is 0 Å². The first-order valence-electron chi connectivity index (χ1n) is 5.60. The molecule has 0 radical (unpaired) electrons. The average Bonchev–Trinajstić information content (AvgIpc) is 2.37. The number of carbonyl (C=O) groups is 2. The molecule has 1 aromatic rings. The molecule has 0 aromatic heterocycles. The lowest BCUT2D eigenvalue weighted by atomic mass is 9.99. The maximum atomic E-state index is 11.9. The van der Waals surface area contributed by atoms with Gasteiger partial charge in [-0.05, 0) is 31.5 Å². The van der Waals surface area contributed by atoms with Gasteiger partial charge < -0.3 is 9.84 Å². The summed E-state index contributed by atoms with van der Waals surface area (Å²) < 4.78 is 4.85. The second-order valence-corrected chi connectivity index (χ2v) is 4.39. The third-order valence-corrected chi connectivity index (χ3v) is 2.62. The molecule has 18 heavy (non-hydrogen) atoms. The van der Waals surface area contributed by atoms with Gasteiger partial charge >= 0.3 is 5.97 Å². The van der Waals surface area contributed by atoms with E-state index in [1.165, 1.54) is 18.2 Å². The third kappa shape index (κ3) is 3.31. The van der Waals surface area contributed by atoms with Crippen LogP contribution in [0, 0.1) is 0 Å². The van der Waals surface area contributed by atoms with Crippen LogP contribution in [0.4, 0.5) is 0 Å². The van der Waals surface area contributed by atoms with Crippen molar-refractivity contribution in [1.29, 1.82) is 0 Å². The zero-order valence-corrected chi connectivity index (χ0v) is 11.0. The Hall–Kier alpha value is -1.39. The lowest BCUT2D eigenvalue weighted by molar-refractivity contribution is 0.0526. The fourth-order valence-electron chi connectivity index (χ4n) is 1.50. The average molecular weight is 271 g/mol. The number of ketones is 1. The quantitative estimate of drug-likeness (QED) is 0.506. The Morgan fingerprint density at radius 2 is 2.11 bits per heavy atom. The zero-order valence-electron chi connectivity index (χ0n) is 10.3. The molecule has 0 spiro atoms. The second-order valence-electron chi connectivity index (χ2n) is 3.73. The summed E-state index contributed by atoms with van der Waals surface area (Å²) in [6.45, 7) is 3.22. The van der Waals surface area contributed by atoms with Gasteiger partial charge in [0.1, 0.15) is 0 Å². The van der Waals surface area contributed by atoms with Crippen LogP contribution in [0.5, 0.6) is 0 Å². The highest BCUT2D eigenvalue weighted by molar-refractivity contribution is 6.33. The predicted molar refractivity (Wildman–Crippen MR) is 68.0 cm³/mol. The molecule has 4 nitrogen and oxygen atoms in total. The number of carbonyl (C=O) groups excluding carboxylic acids is 2. The molecular formula is C13H15ClO4. The summed E-state index contributed by atoms with van der Waals surface area (Å²) in [4.78, 5) is 23.4. The smallest absolute Gasteiger partial charge is 0.338 e. The summed E-state index contributed by atoms with van der Waals surface area (Å²) in [6.07, 6.45) is 0. The van der Waals surface area contributed by atoms with E-state index >= 15 is 0 Å². The van der Waals surface area contributed by atoms with Crippen molar-refractivity contribution in [2.75, 3.05) is 6.61 Å². The van der Waals surface area contributed by atoms with E-state index < -0.39 is 11.3 Å². The highest BCUT2D eigenvalue weighted by Crippen LogP contribution is 2.17. The molecule has 0 amide bonds. The maximum Gasteiger partial charge on any atom is 0.338 e. The third-order valence-electron chi connectivity index (χ3n) is 2.42.